The van der Waals surface area contributed by atoms with E-state index in [1.165, 1.54) is 5.56 Å². The third kappa shape index (κ3) is 3.17. The minimum Gasteiger partial charge on any atom is -0.299 e. The van der Waals surface area contributed by atoms with Gasteiger partial charge in [0.1, 0.15) is 5.82 Å². The number of benzene rings is 2. The van der Waals surface area contributed by atoms with Crippen molar-refractivity contribution in [2.75, 3.05) is 13.1 Å². The Bertz CT molecular complexity index is 824. The molecule has 2 heterocycles. The van der Waals surface area contributed by atoms with Crippen LogP contribution in [0.25, 0.3) is 10.9 Å². The topological polar surface area (TPSA) is 16.1 Å². The molecule has 0 unspecified atom stereocenters. The lowest BCUT2D eigenvalue weighted by atomic mass is 9.89. The van der Waals surface area contributed by atoms with Crippen LogP contribution in [0, 0.1) is 5.82 Å². The molecule has 0 radical (unpaired) electrons. The molecular formula is C21H21FN2. The third-order valence-electron chi connectivity index (χ3n) is 5.00. The molecule has 1 saturated heterocycles. The molecule has 1 aromatic heterocycles. The number of hydrogen-bond acceptors (Lipinski definition) is 2. The van der Waals surface area contributed by atoms with Crippen LogP contribution in [0.1, 0.15) is 29.9 Å². The number of likely N-dealkylation sites (tertiary alicyclic amines) is 1. The maximum Gasteiger partial charge on any atom is 0.124 e. The maximum absolute atomic E-state index is 13.9. The molecular weight excluding hydrogens is 299 g/mol. The second-order valence-corrected chi connectivity index (χ2v) is 6.60. The van der Waals surface area contributed by atoms with Gasteiger partial charge in [0.05, 0.1) is 5.52 Å². The van der Waals surface area contributed by atoms with Crippen molar-refractivity contribution < 1.29 is 4.39 Å². The van der Waals surface area contributed by atoms with Gasteiger partial charge in [0.15, 0.2) is 0 Å². The molecule has 0 atom stereocenters. The molecule has 2 nitrogen and oxygen atoms in total. The van der Waals surface area contributed by atoms with E-state index in [2.05, 4.69) is 40.2 Å². The zero-order chi connectivity index (χ0) is 16.4. The molecule has 2 aromatic carbocycles. The summed E-state index contributed by atoms with van der Waals surface area (Å²) in [5.74, 6) is 0.467. The smallest absolute Gasteiger partial charge is 0.124 e. The zero-order valence-electron chi connectivity index (χ0n) is 13.7. The van der Waals surface area contributed by atoms with Crippen LogP contribution in [-0.4, -0.2) is 23.0 Å². The Labute approximate surface area is 141 Å². The highest BCUT2D eigenvalue weighted by atomic mass is 19.1. The fourth-order valence-corrected chi connectivity index (χ4v) is 3.74. The lowest BCUT2D eigenvalue weighted by Crippen LogP contribution is -2.32. The molecule has 3 aromatic rings. The normalized spacial score (nSPS) is 16.5. The first-order chi connectivity index (χ1) is 11.8. The van der Waals surface area contributed by atoms with Crippen LogP contribution >= 0.6 is 0 Å². The predicted molar refractivity (Wildman–Crippen MR) is 95.4 cm³/mol. The average Bonchev–Trinajstić information content (AvgIpc) is 2.63. The van der Waals surface area contributed by atoms with Gasteiger partial charge in [-0.3, -0.25) is 9.88 Å². The quantitative estimate of drug-likeness (QED) is 0.692. The highest BCUT2D eigenvalue weighted by molar-refractivity contribution is 5.81. The molecule has 0 amide bonds. The summed E-state index contributed by atoms with van der Waals surface area (Å²) in [5, 5.41) is 0.881. The summed E-state index contributed by atoms with van der Waals surface area (Å²) in [6.07, 6.45) is 4.10. The fraction of sp³-hybridized carbons (Fsp3) is 0.286. The Hall–Kier alpha value is -2.26. The summed E-state index contributed by atoms with van der Waals surface area (Å²) in [6.45, 7) is 2.86. The van der Waals surface area contributed by atoms with E-state index in [-0.39, 0.29) is 5.82 Å². The Morgan fingerprint density at radius 1 is 1.00 bits per heavy atom. The van der Waals surface area contributed by atoms with Gasteiger partial charge < -0.3 is 0 Å². The summed E-state index contributed by atoms with van der Waals surface area (Å²) < 4.78 is 13.9. The van der Waals surface area contributed by atoms with Crippen LogP contribution in [0.15, 0.2) is 60.8 Å². The van der Waals surface area contributed by atoms with Gasteiger partial charge in [-0.1, -0.05) is 36.4 Å². The van der Waals surface area contributed by atoms with Crippen LogP contribution in [0.4, 0.5) is 4.39 Å². The van der Waals surface area contributed by atoms with Gasteiger partial charge in [-0.05, 0) is 61.2 Å². The number of pyridine rings is 1. The summed E-state index contributed by atoms with van der Waals surface area (Å²) in [5.41, 5.74) is 3.35. The number of piperidine rings is 1. The van der Waals surface area contributed by atoms with Gasteiger partial charge >= 0.3 is 0 Å². The van der Waals surface area contributed by atoms with Crippen molar-refractivity contribution in [1.82, 2.24) is 9.88 Å². The number of nitrogens with zero attached hydrogens (tertiary/aromatic N) is 2. The van der Waals surface area contributed by atoms with Gasteiger partial charge in [0.2, 0.25) is 0 Å². The molecule has 122 valence electrons. The van der Waals surface area contributed by atoms with Crippen molar-refractivity contribution in [1.29, 1.82) is 0 Å². The van der Waals surface area contributed by atoms with E-state index < -0.39 is 0 Å². The second kappa shape index (κ2) is 6.70. The van der Waals surface area contributed by atoms with Crippen molar-refractivity contribution in [3.8, 4) is 0 Å². The van der Waals surface area contributed by atoms with Crippen molar-refractivity contribution in [2.45, 2.75) is 25.3 Å². The molecule has 1 fully saturated rings. The molecule has 24 heavy (non-hydrogen) atoms. The first-order valence-electron chi connectivity index (χ1n) is 8.60. The Morgan fingerprint density at radius 3 is 2.58 bits per heavy atom. The van der Waals surface area contributed by atoms with Crippen LogP contribution in [0.5, 0.6) is 0 Å². The minimum atomic E-state index is -0.176. The highest BCUT2D eigenvalue weighted by Gasteiger charge is 2.21. The Kier molecular flexibility index (Phi) is 4.26. The first kappa shape index (κ1) is 15.3. The summed E-state index contributed by atoms with van der Waals surface area (Å²) in [6, 6.07) is 17.7. The molecule has 1 aliphatic rings. The zero-order valence-corrected chi connectivity index (χ0v) is 13.7. The van der Waals surface area contributed by atoms with Crippen molar-refractivity contribution in [3.63, 3.8) is 0 Å². The molecule has 0 bridgehead atoms. The Balaban J connectivity index is 1.48. The Morgan fingerprint density at radius 2 is 1.79 bits per heavy atom. The van der Waals surface area contributed by atoms with E-state index in [0.29, 0.717) is 5.92 Å². The minimum absolute atomic E-state index is 0.176. The SMILES string of the molecule is Fc1cc(CN2CCC(c3ccccc3)CC2)c2ncccc2c1. The van der Waals surface area contributed by atoms with E-state index in [0.717, 1.165) is 48.9 Å². The number of halogens is 1. The molecule has 0 saturated carbocycles. The van der Waals surface area contributed by atoms with Crippen LogP contribution in [0.2, 0.25) is 0 Å². The highest BCUT2D eigenvalue weighted by Crippen LogP contribution is 2.29. The first-order valence-corrected chi connectivity index (χ1v) is 8.60. The summed E-state index contributed by atoms with van der Waals surface area (Å²) in [4.78, 5) is 6.88. The number of fused-ring (bicyclic) bond motifs is 1. The maximum atomic E-state index is 13.9. The van der Waals surface area contributed by atoms with E-state index in [1.54, 1.807) is 18.3 Å². The third-order valence-corrected chi connectivity index (χ3v) is 5.00. The van der Waals surface area contributed by atoms with Gasteiger partial charge in [0.25, 0.3) is 0 Å². The van der Waals surface area contributed by atoms with Crippen molar-refractivity contribution in [2.24, 2.45) is 0 Å². The standard InChI is InChI=1S/C21H21FN2/c22-20-13-18-7-4-10-23-21(18)19(14-20)15-24-11-8-17(9-12-24)16-5-2-1-3-6-16/h1-7,10,13-14,17H,8-9,11-12,15H2. The van der Waals surface area contributed by atoms with Gasteiger partial charge in [-0.25, -0.2) is 4.39 Å². The molecule has 3 heteroatoms. The van der Waals surface area contributed by atoms with E-state index in [4.69, 9.17) is 0 Å². The fourth-order valence-electron chi connectivity index (χ4n) is 3.74. The van der Waals surface area contributed by atoms with Crippen LogP contribution < -0.4 is 0 Å². The average molecular weight is 320 g/mol. The summed E-state index contributed by atoms with van der Waals surface area (Å²) in [7, 11) is 0. The molecule has 1 aliphatic heterocycles. The van der Waals surface area contributed by atoms with Crippen molar-refractivity contribution >= 4 is 10.9 Å². The summed E-state index contributed by atoms with van der Waals surface area (Å²) >= 11 is 0. The predicted octanol–water partition coefficient (Wildman–Crippen LogP) is 4.75. The van der Waals surface area contributed by atoms with E-state index in [1.807, 2.05) is 12.1 Å². The number of hydrogen-bond donors (Lipinski definition) is 0. The van der Waals surface area contributed by atoms with Crippen LogP contribution in [-0.2, 0) is 6.54 Å². The lowest BCUT2D eigenvalue weighted by Gasteiger charge is -2.32. The molecule has 0 spiro atoms. The van der Waals surface area contributed by atoms with E-state index >= 15 is 0 Å². The largest absolute Gasteiger partial charge is 0.299 e. The molecule has 0 aliphatic carbocycles. The van der Waals surface area contributed by atoms with Gasteiger partial charge in [-0.15, -0.1) is 0 Å². The van der Waals surface area contributed by atoms with Gasteiger partial charge in [-0.2, -0.15) is 0 Å². The monoisotopic (exact) mass is 320 g/mol. The van der Waals surface area contributed by atoms with E-state index in [9.17, 15) is 4.39 Å². The van der Waals surface area contributed by atoms with Crippen LogP contribution in [0.3, 0.4) is 0 Å². The second-order valence-electron chi connectivity index (χ2n) is 6.60. The van der Waals surface area contributed by atoms with Gasteiger partial charge in [0, 0.05) is 18.1 Å². The number of aromatic nitrogens is 1. The van der Waals surface area contributed by atoms with Crippen molar-refractivity contribution in [3.05, 3.63) is 77.7 Å². The molecule has 4 rings (SSSR count). The lowest BCUT2D eigenvalue weighted by molar-refractivity contribution is 0.205. The number of rotatable bonds is 3. The molecule has 0 N–H and O–H groups in total.